The number of rotatable bonds is 3. The number of nitrogen functional groups attached to an aromatic ring is 1. The lowest BCUT2D eigenvalue weighted by atomic mass is 10.2. The number of nitrogens with two attached hydrogens (primary N) is 1. The molecule has 1 rings (SSSR count). The molecule has 0 bridgehead atoms. The maximum absolute atomic E-state index is 9.28. The van der Waals surface area contributed by atoms with Crippen molar-refractivity contribution < 1.29 is 9.84 Å². The van der Waals surface area contributed by atoms with Crippen molar-refractivity contribution in [3.63, 3.8) is 0 Å². The van der Waals surface area contributed by atoms with Gasteiger partial charge in [-0.2, -0.15) is 4.98 Å². The van der Waals surface area contributed by atoms with Crippen LogP contribution in [0.25, 0.3) is 0 Å². The van der Waals surface area contributed by atoms with Gasteiger partial charge in [0.2, 0.25) is 5.13 Å². The van der Waals surface area contributed by atoms with E-state index in [0.29, 0.717) is 5.13 Å². The number of aromatic nitrogens is 2. The second-order valence-corrected chi connectivity index (χ2v) is 3.80. The number of nitrogens with zero attached hydrogens (tertiary/aromatic N) is 2. The van der Waals surface area contributed by atoms with Gasteiger partial charge in [0.25, 0.3) is 0 Å². The number of hydrogen-bond donors (Lipinski definition) is 2. The molecule has 1 aromatic heterocycles. The van der Waals surface area contributed by atoms with Gasteiger partial charge < -0.3 is 15.6 Å². The van der Waals surface area contributed by atoms with Gasteiger partial charge in [-0.15, -0.1) is 4.37 Å². The third-order valence-electron chi connectivity index (χ3n) is 0.978. The lowest BCUT2D eigenvalue weighted by Gasteiger charge is -2.15. The van der Waals surface area contributed by atoms with Crippen molar-refractivity contribution in [2.24, 2.45) is 0 Å². The zero-order chi connectivity index (χ0) is 9.19. The van der Waals surface area contributed by atoms with Crippen molar-refractivity contribution in [2.75, 3.05) is 12.3 Å². The zero-order valence-electron chi connectivity index (χ0n) is 6.94. The van der Waals surface area contributed by atoms with E-state index >= 15 is 0 Å². The molecule has 0 spiro atoms. The van der Waals surface area contributed by atoms with E-state index in [2.05, 4.69) is 9.36 Å². The quantitative estimate of drug-likeness (QED) is 0.713. The van der Waals surface area contributed by atoms with E-state index in [1.807, 2.05) is 0 Å². The topological polar surface area (TPSA) is 81.3 Å². The van der Waals surface area contributed by atoms with E-state index in [-0.39, 0.29) is 12.6 Å². The van der Waals surface area contributed by atoms with Gasteiger partial charge in [-0.05, 0) is 13.8 Å². The van der Waals surface area contributed by atoms with Gasteiger partial charge in [-0.1, -0.05) is 0 Å². The highest BCUT2D eigenvalue weighted by Gasteiger charge is 2.14. The van der Waals surface area contributed by atoms with Crippen molar-refractivity contribution in [1.29, 1.82) is 0 Å². The Labute approximate surface area is 74.4 Å². The van der Waals surface area contributed by atoms with Crippen LogP contribution in [-0.2, 0) is 0 Å². The number of hydrogen-bond acceptors (Lipinski definition) is 6. The van der Waals surface area contributed by atoms with Gasteiger partial charge >= 0.3 is 6.01 Å². The fourth-order valence-electron chi connectivity index (χ4n) is 0.521. The average Bonchev–Trinajstić information content (AvgIpc) is 2.30. The Kier molecular flexibility index (Phi) is 2.49. The summed E-state index contributed by atoms with van der Waals surface area (Å²) >= 11 is 1.07. The minimum absolute atomic E-state index is 0.156. The lowest BCUT2D eigenvalue weighted by Crippen LogP contribution is -2.28. The maximum atomic E-state index is 9.28. The first kappa shape index (κ1) is 9.21. The molecule has 0 radical (unpaired) electrons. The molecular formula is C6H11N3O2S. The molecular weight excluding hydrogens is 178 g/mol. The van der Waals surface area contributed by atoms with E-state index in [9.17, 15) is 5.11 Å². The first-order valence-electron chi connectivity index (χ1n) is 3.42. The van der Waals surface area contributed by atoms with Crippen molar-refractivity contribution >= 4 is 16.7 Å². The van der Waals surface area contributed by atoms with E-state index in [4.69, 9.17) is 10.5 Å². The molecule has 0 aliphatic rings. The highest BCUT2D eigenvalue weighted by molar-refractivity contribution is 7.09. The van der Waals surface area contributed by atoms with Crippen LogP contribution in [0.5, 0.6) is 6.01 Å². The second kappa shape index (κ2) is 3.24. The predicted molar refractivity (Wildman–Crippen MR) is 46.1 cm³/mol. The zero-order valence-corrected chi connectivity index (χ0v) is 7.76. The summed E-state index contributed by atoms with van der Waals surface area (Å²) in [5, 5.41) is 9.64. The first-order chi connectivity index (χ1) is 5.47. The Hall–Kier alpha value is -0.880. The molecule has 12 heavy (non-hydrogen) atoms. The minimum atomic E-state index is -0.875. The van der Waals surface area contributed by atoms with Gasteiger partial charge in [0, 0.05) is 11.5 Å². The molecule has 1 aromatic rings. The Morgan fingerprint density at radius 1 is 1.67 bits per heavy atom. The molecule has 6 heteroatoms. The lowest BCUT2D eigenvalue weighted by molar-refractivity contribution is 0.0255. The van der Waals surface area contributed by atoms with Crippen LogP contribution < -0.4 is 10.5 Å². The second-order valence-electron chi connectivity index (χ2n) is 3.02. The van der Waals surface area contributed by atoms with Gasteiger partial charge in [0.05, 0.1) is 5.60 Å². The monoisotopic (exact) mass is 189 g/mol. The van der Waals surface area contributed by atoms with Crippen molar-refractivity contribution in [1.82, 2.24) is 9.36 Å². The van der Waals surface area contributed by atoms with Crippen LogP contribution in [-0.4, -0.2) is 26.7 Å². The number of ether oxygens (including phenoxy) is 1. The molecule has 0 atom stereocenters. The van der Waals surface area contributed by atoms with Crippen molar-refractivity contribution in [3.05, 3.63) is 0 Å². The molecule has 0 saturated heterocycles. The SMILES string of the molecule is CC(C)(O)COc1nsc(N)n1. The summed E-state index contributed by atoms with van der Waals surface area (Å²) in [5.74, 6) is 0. The third kappa shape index (κ3) is 3.02. The molecule has 0 saturated carbocycles. The number of anilines is 1. The number of aliphatic hydroxyl groups is 1. The van der Waals surface area contributed by atoms with Crippen LogP contribution in [0.4, 0.5) is 5.13 Å². The fraction of sp³-hybridized carbons (Fsp3) is 0.667. The summed E-state index contributed by atoms with van der Waals surface area (Å²) in [6.45, 7) is 3.44. The summed E-state index contributed by atoms with van der Waals surface area (Å²) in [6, 6.07) is 0.222. The average molecular weight is 189 g/mol. The normalized spacial score (nSPS) is 11.6. The minimum Gasteiger partial charge on any atom is -0.460 e. The van der Waals surface area contributed by atoms with Gasteiger partial charge in [-0.25, -0.2) is 0 Å². The summed E-state index contributed by atoms with van der Waals surface area (Å²) in [4.78, 5) is 3.77. The molecule has 0 aromatic carbocycles. The molecule has 5 nitrogen and oxygen atoms in total. The Balaban J connectivity index is 2.44. The van der Waals surface area contributed by atoms with E-state index in [0.717, 1.165) is 11.5 Å². The van der Waals surface area contributed by atoms with Gasteiger partial charge in [-0.3, -0.25) is 0 Å². The third-order valence-corrected chi connectivity index (χ3v) is 1.50. The van der Waals surface area contributed by atoms with Crippen LogP contribution in [0.15, 0.2) is 0 Å². The van der Waals surface area contributed by atoms with Crippen LogP contribution >= 0.6 is 11.5 Å². The van der Waals surface area contributed by atoms with E-state index < -0.39 is 5.60 Å². The standard InChI is InChI=1S/C6H11N3O2S/c1-6(2,10)3-11-5-8-4(7)12-9-5/h10H,3H2,1-2H3,(H2,7,8,9). The molecule has 0 unspecified atom stereocenters. The Morgan fingerprint density at radius 3 is 2.75 bits per heavy atom. The van der Waals surface area contributed by atoms with E-state index in [1.165, 1.54) is 0 Å². The first-order valence-corrected chi connectivity index (χ1v) is 4.19. The molecule has 0 aliphatic heterocycles. The molecule has 0 aliphatic carbocycles. The van der Waals surface area contributed by atoms with Gasteiger partial charge in [0.15, 0.2) is 0 Å². The molecule has 0 amide bonds. The molecule has 3 N–H and O–H groups in total. The van der Waals surface area contributed by atoms with Crippen molar-refractivity contribution in [2.45, 2.75) is 19.4 Å². The molecule has 68 valence electrons. The summed E-state index contributed by atoms with van der Waals surface area (Å²) < 4.78 is 8.84. The Bertz CT molecular complexity index is 256. The maximum Gasteiger partial charge on any atom is 0.330 e. The summed E-state index contributed by atoms with van der Waals surface area (Å²) in [5.41, 5.74) is 4.45. The van der Waals surface area contributed by atoms with Crippen LogP contribution in [0.2, 0.25) is 0 Å². The van der Waals surface area contributed by atoms with Gasteiger partial charge in [0.1, 0.15) is 6.61 Å². The summed E-state index contributed by atoms with van der Waals surface area (Å²) in [6.07, 6.45) is 0. The van der Waals surface area contributed by atoms with Crippen LogP contribution in [0.3, 0.4) is 0 Å². The summed E-state index contributed by atoms with van der Waals surface area (Å²) in [7, 11) is 0. The molecule has 1 heterocycles. The highest BCUT2D eigenvalue weighted by atomic mass is 32.1. The smallest absolute Gasteiger partial charge is 0.330 e. The van der Waals surface area contributed by atoms with E-state index in [1.54, 1.807) is 13.8 Å². The fourth-order valence-corrected chi connectivity index (χ4v) is 0.905. The molecule has 0 fully saturated rings. The Morgan fingerprint density at radius 2 is 2.33 bits per heavy atom. The largest absolute Gasteiger partial charge is 0.460 e. The predicted octanol–water partition coefficient (Wildman–Crippen LogP) is 0.270. The van der Waals surface area contributed by atoms with Crippen LogP contribution in [0.1, 0.15) is 13.8 Å². The van der Waals surface area contributed by atoms with Crippen molar-refractivity contribution in [3.8, 4) is 6.01 Å². The highest BCUT2D eigenvalue weighted by Crippen LogP contribution is 2.13. The van der Waals surface area contributed by atoms with Crippen LogP contribution in [0, 0.1) is 0 Å².